The molecule has 0 saturated carbocycles. The summed E-state index contributed by atoms with van der Waals surface area (Å²) in [7, 11) is -1.77. The van der Waals surface area contributed by atoms with Gasteiger partial charge >= 0.3 is 0 Å². The highest BCUT2D eigenvalue weighted by molar-refractivity contribution is 7.92. The molecule has 0 aromatic heterocycles. The molecule has 0 radical (unpaired) electrons. The van der Waals surface area contributed by atoms with Crippen LogP contribution in [0, 0.1) is 12.8 Å². The van der Waals surface area contributed by atoms with E-state index in [1.54, 1.807) is 47.4 Å². The SMILES string of the molecule is Cc1ccc(S(=O)(=O)Nc2ccc3c(c2)CC(=O)N([C@@H](C)CO)C[C@H](C)[C@@H](CN(C)Cc2ccccc2)O3)cc1. The van der Waals surface area contributed by atoms with Gasteiger partial charge in [-0.15, -0.1) is 0 Å². The lowest BCUT2D eigenvalue weighted by Gasteiger charge is -2.34. The molecule has 0 spiro atoms. The van der Waals surface area contributed by atoms with Gasteiger partial charge in [0.05, 0.1) is 24.0 Å². The van der Waals surface area contributed by atoms with E-state index in [4.69, 9.17) is 4.74 Å². The van der Waals surface area contributed by atoms with Crippen LogP contribution in [0.1, 0.15) is 30.5 Å². The van der Waals surface area contributed by atoms with E-state index in [1.807, 2.05) is 39.1 Å². The Morgan fingerprint density at radius 1 is 1.10 bits per heavy atom. The van der Waals surface area contributed by atoms with Crippen molar-refractivity contribution in [1.29, 1.82) is 0 Å². The highest BCUT2D eigenvalue weighted by atomic mass is 32.2. The molecule has 1 heterocycles. The summed E-state index contributed by atoms with van der Waals surface area (Å²) in [5, 5.41) is 9.88. The molecule has 3 atom stereocenters. The molecular weight excluding hydrogens is 526 g/mol. The van der Waals surface area contributed by atoms with Crippen LogP contribution in [0.3, 0.4) is 0 Å². The number of benzene rings is 3. The Balaban J connectivity index is 1.63. The van der Waals surface area contributed by atoms with Crippen molar-refractivity contribution in [1.82, 2.24) is 9.80 Å². The fourth-order valence-corrected chi connectivity index (χ4v) is 5.96. The van der Waals surface area contributed by atoms with Gasteiger partial charge in [0.1, 0.15) is 11.9 Å². The molecule has 0 bridgehead atoms. The number of fused-ring (bicyclic) bond motifs is 1. The summed E-state index contributed by atoms with van der Waals surface area (Å²) < 4.78 is 35.2. The molecule has 0 aliphatic carbocycles. The minimum absolute atomic E-state index is 0.0261. The standard InChI is InChI=1S/C31H39N3O5S/c1-22-10-13-28(14-11-22)40(37,38)32-27-12-15-29-26(16-27)17-31(36)34(24(3)21-35)18-23(2)30(39-29)20-33(4)19-25-8-6-5-7-9-25/h5-16,23-24,30,32,35H,17-21H2,1-4H3/t23-,24-,30+/m0/s1. The van der Waals surface area contributed by atoms with Crippen molar-refractivity contribution in [3.8, 4) is 5.75 Å². The molecule has 40 heavy (non-hydrogen) atoms. The fraction of sp³-hybridized carbons (Fsp3) is 0.387. The summed E-state index contributed by atoms with van der Waals surface area (Å²) in [6.07, 6.45) is -0.221. The van der Waals surface area contributed by atoms with Gasteiger partial charge in [0.2, 0.25) is 5.91 Å². The largest absolute Gasteiger partial charge is 0.488 e. The van der Waals surface area contributed by atoms with Crippen LogP contribution in [0.15, 0.2) is 77.7 Å². The normalized spacial score (nSPS) is 18.8. The zero-order chi connectivity index (χ0) is 28.9. The van der Waals surface area contributed by atoms with E-state index in [0.717, 1.165) is 12.1 Å². The molecule has 3 aromatic rings. The number of hydrogen-bond acceptors (Lipinski definition) is 6. The third kappa shape index (κ3) is 7.41. The zero-order valence-electron chi connectivity index (χ0n) is 23.6. The molecule has 2 N–H and O–H groups in total. The summed E-state index contributed by atoms with van der Waals surface area (Å²) in [4.78, 5) is 17.5. The number of hydrogen-bond donors (Lipinski definition) is 2. The van der Waals surface area contributed by atoms with E-state index in [2.05, 4.69) is 28.7 Å². The zero-order valence-corrected chi connectivity index (χ0v) is 24.4. The van der Waals surface area contributed by atoms with Crippen molar-refractivity contribution in [3.63, 3.8) is 0 Å². The number of nitrogens with zero attached hydrogens (tertiary/aromatic N) is 2. The van der Waals surface area contributed by atoms with Crippen LogP contribution in [0.5, 0.6) is 5.75 Å². The number of nitrogens with one attached hydrogen (secondary N) is 1. The van der Waals surface area contributed by atoms with Gasteiger partial charge < -0.3 is 14.7 Å². The number of sulfonamides is 1. The molecule has 1 aliphatic rings. The summed E-state index contributed by atoms with van der Waals surface area (Å²) >= 11 is 0. The first-order chi connectivity index (χ1) is 19.1. The third-order valence-corrected chi connectivity index (χ3v) is 8.68. The molecule has 1 aliphatic heterocycles. The monoisotopic (exact) mass is 565 g/mol. The van der Waals surface area contributed by atoms with Gasteiger partial charge in [0, 0.05) is 36.8 Å². The molecule has 1 amide bonds. The van der Waals surface area contributed by atoms with Crippen molar-refractivity contribution in [2.24, 2.45) is 5.92 Å². The van der Waals surface area contributed by atoms with Crippen molar-refractivity contribution in [2.45, 2.75) is 50.8 Å². The Morgan fingerprint density at radius 3 is 2.48 bits per heavy atom. The number of ether oxygens (including phenoxy) is 1. The van der Waals surface area contributed by atoms with Gasteiger partial charge in [-0.1, -0.05) is 55.0 Å². The van der Waals surface area contributed by atoms with Gasteiger partial charge in [-0.2, -0.15) is 0 Å². The number of aliphatic hydroxyl groups is 1. The van der Waals surface area contributed by atoms with Crippen molar-refractivity contribution < 1.29 is 23.1 Å². The topological polar surface area (TPSA) is 99.2 Å². The van der Waals surface area contributed by atoms with Crippen LogP contribution < -0.4 is 9.46 Å². The number of carbonyl (C=O) groups is 1. The maximum Gasteiger partial charge on any atom is 0.261 e. The van der Waals surface area contributed by atoms with Gasteiger partial charge in [-0.3, -0.25) is 14.4 Å². The predicted molar refractivity (Wildman–Crippen MR) is 157 cm³/mol. The van der Waals surface area contributed by atoms with Gasteiger partial charge in [0.25, 0.3) is 10.0 Å². The van der Waals surface area contributed by atoms with Crippen LogP contribution in [-0.2, 0) is 27.8 Å². The molecule has 8 nitrogen and oxygen atoms in total. The third-order valence-electron chi connectivity index (χ3n) is 7.29. The minimum Gasteiger partial charge on any atom is -0.488 e. The number of carbonyl (C=O) groups excluding carboxylic acids is 1. The van der Waals surface area contributed by atoms with E-state index in [1.165, 1.54) is 5.56 Å². The number of amides is 1. The Kier molecular flexibility index (Phi) is 9.50. The second-order valence-electron chi connectivity index (χ2n) is 10.8. The Hall–Kier alpha value is -3.40. The molecular formula is C31H39N3O5S. The Morgan fingerprint density at radius 2 is 1.80 bits per heavy atom. The molecule has 9 heteroatoms. The smallest absolute Gasteiger partial charge is 0.261 e. The number of aliphatic hydroxyl groups excluding tert-OH is 1. The number of likely N-dealkylation sites (N-methyl/N-ethyl adjacent to an activating group) is 1. The Labute approximate surface area is 237 Å². The summed E-state index contributed by atoms with van der Waals surface area (Å²) in [6, 6.07) is 21.5. The van der Waals surface area contributed by atoms with Crippen molar-refractivity contribution in [3.05, 3.63) is 89.5 Å². The highest BCUT2D eigenvalue weighted by Crippen LogP contribution is 2.30. The second kappa shape index (κ2) is 12.8. The molecule has 4 rings (SSSR count). The van der Waals surface area contributed by atoms with Gasteiger partial charge in [0.15, 0.2) is 0 Å². The van der Waals surface area contributed by atoms with E-state index in [-0.39, 0.29) is 41.9 Å². The van der Waals surface area contributed by atoms with Crippen LogP contribution in [0.25, 0.3) is 0 Å². The van der Waals surface area contributed by atoms with Gasteiger partial charge in [-0.05, 0) is 56.8 Å². The lowest BCUT2D eigenvalue weighted by atomic mass is 10.0. The first kappa shape index (κ1) is 29.6. The predicted octanol–water partition coefficient (Wildman–Crippen LogP) is 4.08. The van der Waals surface area contributed by atoms with Crippen molar-refractivity contribution >= 4 is 21.6 Å². The minimum atomic E-state index is -3.81. The van der Waals surface area contributed by atoms with Crippen molar-refractivity contribution in [2.75, 3.05) is 31.5 Å². The quantitative estimate of drug-likeness (QED) is 0.406. The lowest BCUT2D eigenvalue weighted by molar-refractivity contribution is -0.134. The van der Waals surface area contributed by atoms with Crippen LogP contribution in [-0.4, -0.2) is 68.1 Å². The molecule has 0 fully saturated rings. The summed E-state index contributed by atoms with van der Waals surface area (Å²) in [5.41, 5.74) is 3.10. The van der Waals surface area contributed by atoms with Crippen LogP contribution >= 0.6 is 0 Å². The van der Waals surface area contributed by atoms with E-state index >= 15 is 0 Å². The lowest BCUT2D eigenvalue weighted by Crippen LogP contribution is -2.47. The second-order valence-corrected chi connectivity index (χ2v) is 12.5. The van der Waals surface area contributed by atoms with E-state index in [0.29, 0.717) is 30.1 Å². The number of rotatable bonds is 9. The number of aryl methyl sites for hydroxylation is 1. The summed E-state index contributed by atoms with van der Waals surface area (Å²) in [5.74, 6) is 0.381. The summed E-state index contributed by atoms with van der Waals surface area (Å²) in [6.45, 7) is 7.43. The molecule has 3 aromatic carbocycles. The average molecular weight is 566 g/mol. The van der Waals surface area contributed by atoms with Crippen LogP contribution in [0.2, 0.25) is 0 Å². The fourth-order valence-electron chi connectivity index (χ4n) is 4.91. The van der Waals surface area contributed by atoms with Gasteiger partial charge in [-0.25, -0.2) is 8.42 Å². The van der Waals surface area contributed by atoms with E-state index in [9.17, 15) is 18.3 Å². The van der Waals surface area contributed by atoms with E-state index < -0.39 is 10.0 Å². The van der Waals surface area contributed by atoms with Crippen LogP contribution in [0.4, 0.5) is 5.69 Å². The highest BCUT2D eigenvalue weighted by Gasteiger charge is 2.31. The molecule has 0 saturated heterocycles. The molecule has 0 unspecified atom stereocenters. The first-order valence-electron chi connectivity index (χ1n) is 13.6. The first-order valence-corrected chi connectivity index (χ1v) is 15.1. The maximum absolute atomic E-state index is 13.5. The Bertz CT molecular complexity index is 1400. The maximum atomic E-state index is 13.5. The average Bonchev–Trinajstić information content (AvgIpc) is 2.96. The number of anilines is 1. The molecule has 214 valence electrons.